The van der Waals surface area contributed by atoms with E-state index < -0.39 is 83.9 Å². The van der Waals surface area contributed by atoms with Gasteiger partial charge in [-0.3, -0.25) is 9.11 Å². The van der Waals surface area contributed by atoms with Crippen LogP contribution in [0.2, 0.25) is 0 Å². The number of aliphatic hydroxyl groups excluding tert-OH is 1. The van der Waals surface area contributed by atoms with Crippen LogP contribution < -0.4 is 0 Å². The SMILES string of the molecule is CC(CCC1OC(C(C)C2CCC3C4=C(CCC32C)C23CCC(O)(OC2)C(C)(C)C3C(OS(=O)(=O)O)C4)CC2CC1(C)OC2(C)C)C1CCC2C3=C(CCC21C)C12COC(O)(C(O)C1)C(C)(C)C2C(OS(=O)(=O)O)C3. The minimum Gasteiger partial charge on any atom is -0.387 e. The van der Waals surface area contributed by atoms with E-state index >= 15 is 0 Å². The average Bonchev–Trinajstić information content (AvgIpc) is 3.96. The summed E-state index contributed by atoms with van der Waals surface area (Å²) in [5.74, 6) is -1.95. The number of hydrogen-bond acceptors (Lipinski definition) is 13. The summed E-state index contributed by atoms with van der Waals surface area (Å²) in [4.78, 5) is 0. The summed E-state index contributed by atoms with van der Waals surface area (Å²) in [6, 6.07) is 0. The van der Waals surface area contributed by atoms with Crippen LogP contribution in [-0.2, 0) is 48.1 Å². The third-order valence-electron chi connectivity index (χ3n) is 25.7. The summed E-state index contributed by atoms with van der Waals surface area (Å²) in [7, 11) is -9.60. The maximum atomic E-state index is 12.6. The van der Waals surface area contributed by atoms with Crippen molar-refractivity contribution in [3.8, 4) is 0 Å². The summed E-state index contributed by atoms with van der Waals surface area (Å²) in [5, 5.41) is 35.0. The molecule has 6 heterocycles. The van der Waals surface area contributed by atoms with Crippen LogP contribution in [-0.4, -0.2) is 108 Å². The molecule has 75 heavy (non-hydrogen) atoms. The largest absolute Gasteiger partial charge is 0.397 e. The van der Waals surface area contributed by atoms with Crippen LogP contribution in [0.5, 0.6) is 0 Å². The van der Waals surface area contributed by atoms with E-state index in [1.807, 2.05) is 27.7 Å². The van der Waals surface area contributed by atoms with Gasteiger partial charge in [-0.25, -0.2) is 8.37 Å². The number of rotatable bonds is 10. The van der Waals surface area contributed by atoms with Gasteiger partial charge in [0.05, 0.1) is 48.8 Å². The van der Waals surface area contributed by atoms with Gasteiger partial charge in [0.25, 0.3) is 0 Å². The van der Waals surface area contributed by atoms with Gasteiger partial charge in [-0.15, -0.1) is 0 Å². The Kier molecular flexibility index (Phi) is 12.2. The standard InChI is InChI=1S/C58H90O15S2/c1-31(36-13-15-38-35-26-44(72-75(65,66)67)48-50(5,6)58(61)45(59)28-56(48,30-69-58)41(35)19-20-52(36,38)9)12-17-46-54(11)27-33(51(7,8)73-54)24-42(70-46)32(2)37-14-16-39-34-25-43(71-74(62,63)64)47-49(3,4)57(60)23-22-55(47,29-68-57)40(34)18-21-53(37,39)10/h31-33,36-39,42-48,59-61H,12-30H2,1-11H3,(H,62,63,64)(H,65,66,67). The van der Waals surface area contributed by atoms with E-state index in [-0.39, 0.29) is 65.3 Å². The summed E-state index contributed by atoms with van der Waals surface area (Å²) in [6.07, 6.45) is 10.6. The Bertz CT molecular complexity index is 2650. The van der Waals surface area contributed by atoms with E-state index in [4.69, 9.17) is 27.3 Å². The van der Waals surface area contributed by atoms with Crippen LogP contribution in [0.15, 0.2) is 22.3 Å². The Morgan fingerprint density at radius 1 is 0.680 bits per heavy atom. The number of aliphatic hydroxyl groups is 3. The van der Waals surface area contributed by atoms with Crippen LogP contribution in [0.1, 0.15) is 185 Å². The van der Waals surface area contributed by atoms with Crippen molar-refractivity contribution in [2.75, 3.05) is 13.2 Å². The zero-order valence-electron chi connectivity index (χ0n) is 46.7. The smallest absolute Gasteiger partial charge is 0.387 e. The minimum atomic E-state index is -4.83. The molecule has 10 fully saturated rings. The lowest BCUT2D eigenvalue weighted by Gasteiger charge is -2.69. The van der Waals surface area contributed by atoms with E-state index in [9.17, 15) is 41.3 Å². The highest BCUT2D eigenvalue weighted by molar-refractivity contribution is 7.81. The van der Waals surface area contributed by atoms with E-state index in [0.29, 0.717) is 56.0 Å². The molecule has 14 rings (SSSR count). The fourth-order valence-electron chi connectivity index (χ4n) is 22.4. The predicted molar refractivity (Wildman–Crippen MR) is 277 cm³/mol. The topological polar surface area (TPSA) is 225 Å². The van der Waals surface area contributed by atoms with Crippen LogP contribution in [0.3, 0.4) is 0 Å². The molecule has 17 heteroatoms. The Balaban J connectivity index is 0.788. The maximum absolute atomic E-state index is 12.6. The van der Waals surface area contributed by atoms with Crippen molar-refractivity contribution in [1.29, 1.82) is 0 Å². The fraction of sp³-hybridized carbons (Fsp3) is 0.931. The zero-order chi connectivity index (χ0) is 54.1. The minimum absolute atomic E-state index is 0.0253. The van der Waals surface area contributed by atoms with Crippen molar-refractivity contribution in [1.82, 2.24) is 0 Å². The number of hydrogen-bond donors (Lipinski definition) is 5. The van der Waals surface area contributed by atoms with Crippen molar-refractivity contribution in [3.05, 3.63) is 22.3 Å². The maximum Gasteiger partial charge on any atom is 0.397 e. The molecule has 21 unspecified atom stereocenters. The highest BCUT2D eigenvalue weighted by Gasteiger charge is 2.75. The average molecular weight is 1090 g/mol. The second-order valence-corrected chi connectivity index (χ2v) is 31.8. The van der Waals surface area contributed by atoms with Crippen LogP contribution >= 0.6 is 0 Å². The number of fused-ring (bicyclic) bond motifs is 10. The van der Waals surface area contributed by atoms with Crippen molar-refractivity contribution in [2.24, 2.45) is 85.8 Å². The third-order valence-corrected chi connectivity index (χ3v) is 26.7. The molecule has 0 aromatic rings. The molecule has 0 aromatic heterocycles. The Labute approximate surface area is 447 Å². The Morgan fingerprint density at radius 3 is 1.79 bits per heavy atom. The number of ether oxygens (including phenoxy) is 4. The zero-order valence-corrected chi connectivity index (χ0v) is 48.3. The van der Waals surface area contributed by atoms with E-state index in [1.165, 1.54) is 22.3 Å². The molecule has 6 saturated heterocycles. The monoisotopic (exact) mass is 1090 g/mol. The van der Waals surface area contributed by atoms with Gasteiger partial charge in [0.15, 0.2) is 11.6 Å². The molecule has 5 N–H and O–H groups in total. The molecule has 14 aliphatic rings. The predicted octanol–water partition coefficient (Wildman–Crippen LogP) is 9.45. The lowest BCUT2D eigenvalue weighted by Crippen LogP contribution is -2.76. The molecule has 4 saturated carbocycles. The summed E-state index contributed by atoms with van der Waals surface area (Å²) in [5.41, 5.74) is 1.22. The molecule has 6 bridgehead atoms. The molecule has 15 nitrogen and oxygen atoms in total. The van der Waals surface area contributed by atoms with Crippen molar-refractivity contribution >= 4 is 20.8 Å². The lowest BCUT2D eigenvalue weighted by molar-refractivity contribution is -0.408. The van der Waals surface area contributed by atoms with E-state index in [1.54, 1.807) is 0 Å². The van der Waals surface area contributed by atoms with Crippen molar-refractivity contribution < 1.29 is 68.6 Å². The van der Waals surface area contributed by atoms with Gasteiger partial charge in [-0.1, -0.05) is 77.7 Å². The fourth-order valence-corrected chi connectivity index (χ4v) is 23.4. The van der Waals surface area contributed by atoms with Gasteiger partial charge >= 0.3 is 20.8 Å². The highest BCUT2D eigenvalue weighted by atomic mass is 32.3. The molecule has 2 spiro atoms. The molecule has 0 amide bonds. The molecule has 6 aliphatic heterocycles. The Morgan fingerprint density at radius 2 is 1.23 bits per heavy atom. The summed E-state index contributed by atoms with van der Waals surface area (Å²) < 4.78 is 109. The van der Waals surface area contributed by atoms with Gasteiger partial charge < -0.3 is 34.3 Å². The van der Waals surface area contributed by atoms with Crippen LogP contribution in [0.4, 0.5) is 0 Å². The highest BCUT2D eigenvalue weighted by Crippen LogP contribution is 2.74. The second kappa shape index (κ2) is 16.8. The first-order valence-corrected chi connectivity index (χ1v) is 31.9. The first-order valence-electron chi connectivity index (χ1n) is 29.1. The van der Waals surface area contributed by atoms with Gasteiger partial charge in [0.1, 0.15) is 6.10 Å². The third kappa shape index (κ3) is 7.52. The van der Waals surface area contributed by atoms with Crippen molar-refractivity contribution in [2.45, 2.75) is 239 Å². The van der Waals surface area contributed by atoms with E-state index in [0.717, 1.165) is 77.0 Å². The molecule has 424 valence electrons. The quantitative estimate of drug-likeness (QED) is 0.101. The molecule has 21 atom stereocenters. The lowest BCUT2D eigenvalue weighted by atomic mass is 9.42. The molecular formula is C58H90O15S2. The van der Waals surface area contributed by atoms with Gasteiger partial charge in [0, 0.05) is 39.9 Å². The van der Waals surface area contributed by atoms with Gasteiger partial charge in [-0.2, -0.15) is 16.8 Å². The van der Waals surface area contributed by atoms with Crippen LogP contribution in [0.25, 0.3) is 0 Å². The van der Waals surface area contributed by atoms with Gasteiger partial charge in [0.2, 0.25) is 0 Å². The molecule has 0 radical (unpaired) electrons. The van der Waals surface area contributed by atoms with E-state index in [2.05, 4.69) is 48.5 Å². The second-order valence-electron chi connectivity index (χ2n) is 29.7. The summed E-state index contributed by atoms with van der Waals surface area (Å²) >= 11 is 0. The first kappa shape index (κ1) is 54.5. The van der Waals surface area contributed by atoms with Gasteiger partial charge in [-0.05, 0) is 176 Å². The first-order chi connectivity index (χ1) is 34.6. The summed E-state index contributed by atoms with van der Waals surface area (Å²) in [6.45, 7) is 24.6. The normalized spacial score (nSPS) is 51.8. The molecular weight excluding hydrogens is 1000 g/mol. The van der Waals surface area contributed by atoms with Crippen LogP contribution in [0, 0.1) is 85.8 Å². The Hall–Kier alpha value is -1.06. The van der Waals surface area contributed by atoms with Crippen molar-refractivity contribution in [3.63, 3.8) is 0 Å². The molecule has 0 aromatic carbocycles. The molecule has 8 aliphatic carbocycles.